The lowest BCUT2D eigenvalue weighted by atomic mass is 10.1. The summed E-state index contributed by atoms with van der Waals surface area (Å²) in [6.45, 7) is 10.2. The fourth-order valence-corrected chi connectivity index (χ4v) is 2.04. The highest BCUT2D eigenvalue weighted by atomic mass is 15.3. The van der Waals surface area contributed by atoms with Crippen molar-refractivity contribution in [2.24, 2.45) is 0 Å². The second kappa shape index (κ2) is 6.02. The number of aryl methyl sites for hydroxylation is 2. The summed E-state index contributed by atoms with van der Waals surface area (Å²) >= 11 is 0. The molecule has 3 heteroatoms. The second-order valence-electron chi connectivity index (χ2n) is 5.47. The van der Waals surface area contributed by atoms with Crippen molar-refractivity contribution < 1.29 is 0 Å². The Bertz CT molecular complexity index is 541. The van der Waals surface area contributed by atoms with Crippen molar-refractivity contribution in [3.05, 3.63) is 52.8 Å². The molecule has 0 saturated heterocycles. The van der Waals surface area contributed by atoms with Crippen LogP contribution in [0.1, 0.15) is 36.2 Å². The fourth-order valence-electron chi connectivity index (χ4n) is 2.04. The van der Waals surface area contributed by atoms with Crippen molar-refractivity contribution in [1.29, 1.82) is 0 Å². The molecular weight excluding hydrogens is 234 g/mol. The smallest absolute Gasteiger partial charge is 0.0762 e. The van der Waals surface area contributed by atoms with Gasteiger partial charge in [0.25, 0.3) is 0 Å². The van der Waals surface area contributed by atoms with E-state index in [4.69, 9.17) is 0 Å². The van der Waals surface area contributed by atoms with Gasteiger partial charge in [-0.25, -0.2) is 0 Å². The highest BCUT2D eigenvalue weighted by Gasteiger charge is 2.03. The average molecular weight is 257 g/mol. The van der Waals surface area contributed by atoms with Gasteiger partial charge in [-0.2, -0.15) is 5.10 Å². The third-order valence-electron chi connectivity index (χ3n) is 3.22. The molecule has 0 amide bonds. The predicted octanol–water partition coefficient (Wildman–Crippen LogP) is 3.05. The molecule has 1 aromatic carbocycles. The Hall–Kier alpha value is -1.61. The van der Waals surface area contributed by atoms with Gasteiger partial charge in [0.2, 0.25) is 0 Å². The number of hydrogen-bond acceptors (Lipinski definition) is 2. The van der Waals surface area contributed by atoms with Crippen LogP contribution in [0.2, 0.25) is 0 Å². The largest absolute Gasteiger partial charge is 0.309 e. The molecule has 0 aliphatic carbocycles. The fraction of sp³-hybridized carbons (Fsp3) is 0.438. The van der Waals surface area contributed by atoms with Gasteiger partial charge in [-0.3, -0.25) is 4.68 Å². The summed E-state index contributed by atoms with van der Waals surface area (Å²) in [6, 6.07) is 9.14. The first-order valence-corrected chi connectivity index (χ1v) is 6.86. The van der Waals surface area contributed by atoms with E-state index in [2.05, 4.69) is 68.6 Å². The van der Waals surface area contributed by atoms with Gasteiger partial charge in [0.15, 0.2) is 0 Å². The molecule has 1 aromatic heterocycles. The van der Waals surface area contributed by atoms with E-state index in [1.807, 2.05) is 4.68 Å². The Kier molecular flexibility index (Phi) is 4.38. The van der Waals surface area contributed by atoms with Crippen LogP contribution in [0, 0.1) is 13.8 Å². The van der Waals surface area contributed by atoms with Crippen molar-refractivity contribution in [1.82, 2.24) is 15.1 Å². The van der Waals surface area contributed by atoms with E-state index in [0.717, 1.165) is 18.8 Å². The van der Waals surface area contributed by atoms with Gasteiger partial charge in [-0.05, 0) is 31.0 Å². The summed E-state index contributed by atoms with van der Waals surface area (Å²) < 4.78 is 2.01. The minimum absolute atomic E-state index is 0.490. The van der Waals surface area contributed by atoms with Crippen molar-refractivity contribution >= 4 is 0 Å². The molecular formula is C16H23N3. The summed E-state index contributed by atoms with van der Waals surface area (Å²) in [4.78, 5) is 0. The maximum Gasteiger partial charge on any atom is 0.0762 e. The Morgan fingerprint density at radius 1 is 1.21 bits per heavy atom. The first kappa shape index (κ1) is 13.8. The van der Waals surface area contributed by atoms with Crippen molar-refractivity contribution in [3.8, 4) is 0 Å². The van der Waals surface area contributed by atoms with E-state index in [1.54, 1.807) is 0 Å². The van der Waals surface area contributed by atoms with Crippen LogP contribution in [0.15, 0.2) is 30.5 Å². The van der Waals surface area contributed by atoms with Crippen LogP contribution >= 0.6 is 0 Å². The van der Waals surface area contributed by atoms with Crippen LogP contribution in [0.4, 0.5) is 0 Å². The lowest BCUT2D eigenvalue weighted by molar-refractivity contribution is 0.570. The molecule has 0 fully saturated rings. The molecule has 0 unspecified atom stereocenters. The summed E-state index contributed by atoms with van der Waals surface area (Å²) in [6.07, 6.45) is 2.05. The van der Waals surface area contributed by atoms with E-state index >= 15 is 0 Å². The van der Waals surface area contributed by atoms with E-state index in [1.165, 1.54) is 16.7 Å². The minimum atomic E-state index is 0.490. The number of benzene rings is 1. The van der Waals surface area contributed by atoms with E-state index in [-0.39, 0.29) is 0 Å². The van der Waals surface area contributed by atoms with Gasteiger partial charge in [0.1, 0.15) is 0 Å². The molecule has 3 nitrogen and oxygen atoms in total. The zero-order valence-corrected chi connectivity index (χ0v) is 12.3. The zero-order valence-electron chi connectivity index (χ0n) is 12.3. The molecule has 0 aliphatic rings. The maximum atomic E-state index is 4.60. The second-order valence-corrected chi connectivity index (χ2v) is 5.47. The molecule has 1 heterocycles. The molecule has 102 valence electrons. The first-order valence-electron chi connectivity index (χ1n) is 6.86. The Morgan fingerprint density at radius 3 is 2.74 bits per heavy atom. The minimum Gasteiger partial charge on any atom is -0.309 e. The van der Waals surface area contributed by atoms with Crippen LogP contribution in [0.25, 0.3) is 0 Å². The van der Waals surface area contributed by atoms with Gasteiger partial charge in [0, 0.05) is 18.8 Å². The molecule has 0 aliphatic heterocycles. The molecule has 1 N–H and O–H groups in total. The van der Waals surface area contributed by atoms with Crippen LogP contribution in [0.3, 0.4) is 0 Å². The summed E-state index contributed by atoms with van der Waals surface area (Å²) in [5.41, 5.74) is 5.06. The van der Waals surface area contributed by atoms with Gasteiger partial charge in [-0.1, -0.05) is 37.6 Å². The Labute approximate surface area is 115 Å². The zero-order chi connectivity index (χ0) is 13.8. The van der Waals surface area contributed by atoms with E-state index in [9.17, 15) is 0 Å². The maximum absolute atomic E-state index is 4.60. The van der Waals surface area contributed by atoms with E-state index in [0.29, 0.717) is 6.04 Å². The first-order chi connectivity index (χ1) is 9.04. The highest BCUT2D eigenvalue weighted by Crippen LogP contribution is 2.12. The molecule has 0 spiro atoms. The third kappa shape index (κ3) is 3.93. The molecule has 2 rings (SSSR count). The summed E-state index contributed by atoms with van der Waals surface area (Å²) in [5, 5.41) is 7.99. The number of nitrogens with zero attached hydrogens (tertiary/aromatic N) is 2. The van der Waals surface area contributed by atoms with Crippen molar-refractivity contribution in [2.45, 2.75) is 46.8 Å². The van der Waals surface area contributed by atoms with Crippen LogP contribution in [-0.4, -0.2) is 15.8 Å². The van der Waals surface area contributed by atoms with Crippen LogP contribution < -0.4 is 5.32 Å². The van der Waals surface area contributed by atoms with Gasteiger partial charge < -0.3 is 5.32 Å². The molecule has 0 saturated carbocycles. The van der Waals surface area contributed by atoms with Gasteiger partial charge in [-0.15, -0.1) is 0 Å². The lowest BCUT2D eigenvalue weighted by Gasteiger charge is -2.08. The number of aromatic nitrogens is 2. The van der Waals surface area contributed by atoms with Crippen molar-refractivity contribution in [3.63, 3.8) is 0 Å². The Balaban J connectivity index is 2.05. The quantitative estimate of drug-likeness (QED) is 0.892. The lowest BCUT2D eigenvalue weighted by Crippen LogP contribution is -2.22. The Morgan fingerprint density at radius 2 is 2.00 bits per heavy atom. The normalized spacial score (nSPS) is 11.2. The third-order valence-corrected chi connectivity index (χ3v) is 3.22. The number of nitrogens with one attached hydrogen (secondary N) is 1. The van der Waals surface area contributed by atoms with Crippen LogP contribution in [0.5, 0.6) is 0 Å². The SMILES string of the molecule is Cc1ccc(C)c(Cn2ccc(CNC(C)C)n2)c1. The standard InChI is InChI=1S/C16H23N3/c1-12(2)17-10-16-7-8-19(18-16)11-15-9-13(3)5-6-14(15)4/h5-9,12,17H,10-11H2,1-4H3. The topological polar surface area (TPSA) is 29.9 Å². The highest BCUT2D eigenvalue weighted by molar-refractivity contribution is 5.30. The average Bonchev–Trinajstić information content (AvgIpc) is 2.79. The molecule has 2 aromatic rings. The summed E-state index contributed by atoms with van der Waals surface area (Å²) in [5.74, 6) is 0. The summed E-state index contributed by atoms with van der Waals surface area (Å²) in [7, 11) is 0. The van der Waals surface area contributed by atoms with E-state index < -0.39 is 0 Å². The molecule has 0 radical (unpaired) electrons. The molecule has 0 atom stereocenters. The number of hydrogen-bond donors (Lipinski definition) is 1. The van der Waals surface area contributed by atoms with Crippen LogP contribution in [-0.2, 0) is 13.1 Å². The molecule has 19 heavy (non-hydrogen) atoms. The van der Waals surface area contributed by atoms with Gasteiger partial charge in [0.05, 0.1) is 12.2 Å². The van der Waals surface area contributed by atoms with Gasteiger partial charge >= 0.3 is 0 Å². The monoisotopic (exact) mass is 257 g/mol. The van der Waals surface area contributed by atoms with Crippen molar-refractivity contribution in [2.75, 3.05) is 0 Å². The predicted molar refractivity (Wildman–Crippen MR) is 79.2 cm³/mol. The number of rotatable bonds is 5. The molecule has 0 bridgehead atoms.